The molecule has 2 aromatic rings. The topological polar surface area (TPSA) is 102 Å². The summed E-state index contributed by atoms with van der Waals surface area (Å²) in [4.78, 5) is 27.4. The zero-order valence-corrected chi connectivity index (χ0v) is 27.2. The molecule has 3 rings (SSSR count). The van der Waals surface area contributed by atoms with Crippen molar-refractivity contribution < 1.29 is 28.5 Å². The van der Waals surface area contributed by atoms with E-state index in [-0.39, 0.29) is 19.1 Å². The van der Waals surface area contributed by atoms with Crippen LogP contribution in [0, 0.1) is 13.8 Å². The van der Waals surface area contributed by atoms with Gasteiger partial charge in [0.05, 0.1) is 31.7 Å². The molecule has 234 valence electrons. The van der Waals surface area contributed by atoms with Crippen molar-refractivity contribution >= 4 is 29.0 Å². The number of anilines is 1. The largest absolute Gasteiger partial charge is 0.497 e. The molecule has 0 amide bonds. The molecule has 0 atom stereocenters. The van der Waals surface area contributed by atoms with E-state index in [2.05, 4.69) is 5.10 Å². The maximum absolute atomic E-state index is 13.0. The summed E-state index contributed by atoms with van der Waals surface area (Å²) in [5.41, 5.74) is 3.62. The summed E-state index contributed by atoms with van der Waals surface area (Å²) >= 11 is 0. The first-order chi connectivity index (χ1) is 20.1. The van der Waals surface area contributed by atoms with E-state index in [9.17, 15) is 9.59 Å². The molecule has 43 heavy (non-hydrogen) atoms. The number of benzene rings is 2. The van der Waals surface area contributed by atoms with Crippen molar-refractivity contribution in [2.24, 2.45) is 10.2 Å². The van der Waals surface area contributed by atoms with E-state index in [1.54, 1.807) is 33.0 Å². The lowest BCUT2D eigenvalue weighted by atomic mass is 10.0. The summed E-state index contributed by atoms with van der Waals surface area (Å²) in [6.07, 6.45) is 0.589. The molecule has 0 bridgehead atoms. The molecule has 0 aliphatic carbocycles. The molecule has 0 saturated heterocycles. The minimum absolute atomic E-state index is 0.0846. The Bertz CT molecular complexity index is 1340. The fourth-order valence-corrected chi connectivity index (χ4v) is 4.74. The fourth-order valence-electron chi connectivity index (χ4n) is 4.74. The molecular formula is C33H46N4O6. The van der Waals surface area contributed by atoms with E-state index < -0.39 is 17.2 Å². The van der Waals surface area contributed by atoms with Gasteiger partial charge in [0.2, 0.25) is 0 Å². The molecule has 0 radical (unpaired) electrons. The monoisotopic (exact) mass is 594 g/mol. The number of carbonyl (C=O) groups excluding carboxylic acids is 2. The van der Waals surface area contributed by atoms with Gasteiger partial charge >= 0.3 is 11.9 Å². The van der Waals surface area contributed by atoms with E-state index in [0.29, 0.717) is 25.3 Å². The lowest BCUT2D eigenvalue weighted by Crippen LogP contribution is -2.40. The van der Waals surface area contributed by atoms with Crippen molar-refractivity contribution in [1.29, 1.82) is 0 Å². The van der Waals surface area contributed by atoms with Crippen LogP contribution in [0.25, 0.3) is 0 Å². The summed E-state index contributed by atoms with van der Waals surface area (Å²) in [5, 5.41) is 11.0. The van der Waals surface area contributed by atoms with Gasteiger partial charge in [-0.1, -0.05) is 12.1 Å². The first-order valence-electron chi connectivity index (χ1n) is 14.6. The minimum atomic E-state index is -1.13. The van der Waals surface area contributed by atoms with E-state index in [1.807, 2.05) is 82.8 Å². The number of hydrazone groups is 2. The highest BCUT2D eigenvalue weighted by Crippen LogP contribution is 2.30. The summed E-state index contributed by atoms with van der Waals surface area (Å²) in [7, 11) is 1.63. The molecule has 0 saturated carbocycles. The maximum Gasteiger partial charge on any atom is 0.349 e. The zero-order chi connectivity index (χ0) is 31.9. The SMILES string of the molecule is CCOC(=O)C(C)(C)Oc1c(C)cc(CN(CC(=O)OC(C)(C)C)CC2=NN(c3ccc(OC)cc3)N=C(C)C2)cc1C. The van der Waals surface area contributed by atoms with E-state index in [4.69, 9.17) is 24.0 Å². The van der Waals surface area contributed by atoms with Crippen molar-refractivity contribution in [3.8, 4) is 11.5 Å². The summed E-state index contributed by atoms with van der Waals surface area (Å²) in [5.74, 6) is 0.655. The van der Waals surface area contributed by atoms with Gasteiger partial charge in [-0.2, -0.15) is 15.3 Å². The predicted molar refractivity (Wildman–Crippen MR) is 169 cm³/mol. The van der Waals surface area contributed by atoms with Gasteiger partial charge in [-0.05, 0) is 103 Å². The Labute approximate surface area is 255 Å². The first kappa shape index (κ1) is 33.6. The smallest absolute Gasteiger partial charge is 0.349 e. The van der Waals surface area contributed by atoms with Crippen molar-refractivity contribution in [3.05, 3.63) is 53.1 Å². The van der Waals surface area contributed by atoms with Gasteiger partial charge in [-0.3, -0.25) is 9.69 Å². The lowest BCUT2D eigenvalue weighted by Gasteiger charge is -2.29. The molecule has 0 unspecified atom stereocenters. The van der Waals surface area contributed by atoms with Gasteiger partial charge in [0.25, 0.3) is 0 Å². The van der Waals surface area contributed by atoms with Gasteiger partial charge in [0.15, 0.2) is 5.60 Å². The summed E-state index contributed by atoms with van der Waals surface area (Å²) < 4.78 is 22.3. The molecule has 0 aromatic heterocycles. The van der Waals surface area contributed by atoms with Crippen molar-refractivity contribution in [2.75, 3.05) is 31.9 Å². The second kappa shape index (κ2) is 14.0. The normalized spacial score (nSPS) is 13.8. The molecule has 0 N–H and O–H groups in total. The van der Waals surface area contributed by atoms with E-state index in [0.717, 1.165) is 39.6 Å². The van der Waals surface area contributed by atoms with Crippen molar-refractivity contribution in [1.82, 2.24) is 4.90 Å². The van der Waals surface area contributed by atoms with Crippen LogP contribution in [-0.4, -0.2) is 66.3 Å². The quantitative estimate of drug-likeness (QED) is 0.284. The van der Waals surface area contributed by atoms with Crippen LogP contribution in [0.1, 0.15) is 71.6 Å². The second-order valence-corrected chi connectivity index (χ2v) is 12.3. The number of nitrogens with zero attached hydrogens (tertiary/aromatic N) is 4. The highest BCUT2D eigenvalue weighted by Gasteiger charge is 2.33. The predicted octanol–water partition coefficient (Wildman–Crippen LogP) is 5.82. The van der Waals surface area contributed by atoms with Crippen molar-refractivity contribution in [2.45, 2.75) is 86.5 Å². The third-order valence-corrected chi connectivity index (χ3v) is 6.49. The number of esters is 2. The lowest BCUT2D eigenvalue weighted by molar-refractivity contribution is -0.159. The van der Waals surface area contributed by atoms with Gasteiger partial charge in [-0.25, -0.2) is 4.79 Å². The Balaban J connectivity index is 1.87. The number of hydrogen-bond donors (Lipinski definition) is 0. The van der Waals surface area contributed by atoms with Crippen LogP contribution in [-0.2, 0) is 25.6 Å². The average Bonchev–Trinajstić information content (AvgIpc) is 2.89. The van der Waals surface area contributed by atoms with E-state index in [1.165, 1.54) is 0 Å². The molecule has 1 heterocycles. The Morgan fingerprint density at radius 3 is 2.14 bits per heavy atom. The second-order valence-electron chi connectivity index (χ2n) is 12.3. The Morgan fingerprint density at radius 1 is 0.953 bits per heavy atom. The molecule has 1 aliphatic rings. The minimum Gasteiger partial charge on any atom is -0.497 e. The molecule has 0 spiro atoms. The van der Waals surface area contributed by atoms with Crippen LogP contribution < -0.4 is 14.6 Å². The van der Waals surface area contributed by atoms with E-state index >= 15 is 0 Å². The average molecular weight is 595 g/mol. The zero-order valence-electron chi connectivity index (χ0n) is 27.2. The van der Waals surface area contributed by atoms with Gasteiger partial charge in [0, 0.05) is 25.2 Å². The molecule has 2 aromatic carbocycles. The Hall–Kier alpha value is -3.92. The number of methoxy groups -OCH3 is 1. The van der Waals surface area contributed by atoms with Crippen molar-refractivity contribution in [3.63, 3.8) is 0 Å². The highest BCUT2D eigenvalue weighted by atomic mass is 16.6. The molecular weight excluding hydrogens is 548 g/mol. The number of ether oxygens (including phenoxy) is 4. The summed E-state index contributed by atoms with van der Waals surface area (Å²) in [6.45, 7) is 17.9. The Morgan fingerprint density at radius 2 is 1.58 bits per heavy atom. The van der Waals surface area contributed by atoms with Gasteiger partial charge in [0.1, 0.15) is 17.1 Å². The molecule has 10 heteroatoms. The van der Waals surface area contributed by atoms with Gasteiger partial charge in [-0.15, -0.1) is 0 Å². The molecule has 0 fully saturated rings. The fraction of sp³-hybridized carbons (Fsp3) is 0.515. The molecule has 10 nitrogen and oxygen atoms in total. The van der Waals surface area contributed by atoms with Crippen LogP contribution in [0.2, 0.25) is 0 Å². The van der Waals surface area contributed by atoms with Crippen LogP contribution in [0.3, 0.4) is 0 Å². The first-order valence-corrected chi connectivity index (χ1v) is 14.6. The number of aryl methyl sites for hydroxylation is 2. The van der Waals surface area contributed by atoms with Crippen LogP contribution in [0.15, 0.2) is 46.6 Å². The van der Waals surface area contributed by atoms with Crippen LogP contribution in [0.5, 0.6) is 11.5 Å². The third-order valence-electron chi connectivity index (χ3n) is 6.49. The maximum atomic E-state index is 13.0. The molecule has 1 aliphatic heterocycles. The number of carbonyl (C=O) groups is 2. The van der Waals surface area contributed by atoms with Gasteiger partial charge < -0.3 is 18.9 Å². The standard InChI is InChI=1S/C33H46N4O6/c1-11-41-31(39)33(8,9)43-30-22(2)16-25(17-23(30)3)19-36(21-29(38)42-32(5,6)7)20-26-18-24(4)34-37(35-26)27-12-14-28(40-10)15-13-27/h12-17H,11,18-21H2,1-10H3. The number of rotatable bonds is 12. The van der Waals surface area contributed by atoms with Crippen LogP contribution >= 0.6 is 0 Å². The Kier molecular flexibility index (Phi) is 11.0. The highest BCUT2D eigenvalue weighted by molar-refractivity contribution is 6.06. The summed E-state index contributed by atoms with van der Waals surface area (Å²) in [6, 6.07) is 11.6. The van der Waals surface area contributed by atoms with Crippen LogP contribution in [0.4, 0.5) is 5.69 Å². The third kappa shape index (κ3) is 9.81. The number of hydrogen-bond acceptors (Lipinski definition) is 10.